The summed E-state index contributed by atoms with van der Waals surface area (Å²) in [5.74, 6) is -0.521. The lowest BCUT2D eigenvalue weighted by molar-refractivity contribution is 0.475. The molecule has 2 aromatic carbocycles. The summed E-state index contributed by atoms with van der Waals surface area (Å²) in [6, 6.07) is 9.27. The molecule has 0 heterocycles. The molecule has 98 valence electrons. The van der Waals surface area contributed by atoms with Crippen LogP contribution in [0.5, 0.6) is 11.5 Å². The first kappa shape index (κ1) is 13.8. The quantitative estimate of drug-likeness (QED) is 0.644. The van der Waals surface area contributed by atoms with Gasteiger partial charge in [0.05, 0.1) is 10.6 Å². The van der Waals surface area contributed by atoms with Crippen LogP contribution >= 0.6 is 27.5 Å². The van der Waals surface area contributed by atoms with E-state index < -0.39 is 11.7 Å². The van der Waals surface area contributed by atoms with Crippen LogP contribution in [0.4, 0.5) is 4.39 Å². The Morgan fingerprint density at radius 2 is 2.00 bits per heavy atom. The molecule has 2 aromatic rings. The second-order valence-corrected chi connectivity index (χ2v) is 5.03. The molecular formula is C13H9BrClFN2O. The molecule has 0 amide bonds. The van der Waals surface area contributed by atoms with E-state index in [2.05, 4.69) is 15.9 Å². The van der Waals surface area contributed by atoms with Gasteiger partial charge in [-0.3, -0.25) is 5.41 Å². The highest BCUT2D eigenvalue weighted by Crippen LogP contribution is 2.34. The van der Waals surface area contributed by atoms with Crippen molar-refractivity contribution >= 4 is 33.4 Å². The summed E-state index contributed by atoms with van der Waals surface area (Å²) in [7, 11) is 0. The van der Waals surface area contributed by atoms with E-state index in [-0.39, 0.29) is 11.3 Å². The second kappa shape index (κ2) is 5.59. The van der Waals surface area contributed by atoms with Crippen LogP contribution in [0, 0.1) is 11.2 Å². The van der Waals surface area contributed by atoms with Crippen LogP contribution in [0.25, 0.3) is 0 Å². The Labute approximate surface area is 122 Å². The molecule has 3 nitrogen and oxygen atoms in total. The van der Waals surface area contributed by atoms with Crippen molar-refractivity contribution in [2.45, 2.75) is 0 Å². The third-order valence-corrected chi connectivity index (χ3v) is 3.16. The minimum Gasteiger partial charge on any atom is -0.455 e. The maximum absolute atomic E-state index is 13.6. The standard InChI is InChI=1S/C13H9BrClFN2O/c14-7-4-5-8(15)11(6-7)19-10-3-1-2-9(16)12(10)13(17)18/h1-6H,(H3,17,18). The van der Waals surface area contributed by atoms with Crippen LogP contribution in [-0.4, -0.2) is 5.84 Å². The number of rotatable bonds is 3. The van der Waals surface area contributed by atoms with Crippen molar-refractivity contribution in [1.82, 2.24) is 0 Å². The molecule has 3 N–H and O–H groups in total. The first-order chi connectivity index (χ1) is 8.99. The van der Waals surface area contributed by atoms with Crippen molar-refractivity contribution in [3.05, 3.63) is 57.3 Å². The predicted molar refractivity (Wildman–Crippen MR) is 76.6 cm³/mol. The average Bonchev–Trinajstić information content (AvgIpc) is 2.33. The van der Waals surface area contributed by atoms with Gasteiger partial charge in [-0.15, -0.1) is 0 Å². The number of amidine groups is 1. The van der Waals surface area contributed by atoms with E-state index in [1.165, 1.54) is 18.2 Å². The Morgan fingerprint density at radius 3 is 2.68 bits per heavy atom. The van der Waals surface area contributed by atoms with E-state index in [9.17, 15) is 4.39 Å². The molecule has 0 bridgehead atoms. The van der Waals surface area contributed by atoms with Crippen molar-refractivity contribution in [2.24, 2.45) is 5.73 Å². The monoisotopic (exact) mass is 342 g/mol. The van der Waals surface area contributed by atoms with E-state index in [0.29, 0.717) is 10.8 Å². The fraction of sp³-hybridized carbons (Fsp3) is 0. The minimum atomic E-state index is -0.615. The third kappa shape index (κ3) is 3.05. The molecule has 0 atom stereocenters. The highest BCUT2D eigenvalue weighted by molar-refractivity contribution is 9.10. The molecule has 0 aliphatic carbocycles. The summed E-state index contributed by atoms with van der Waals surface area (Å²) in [6.45, 7) is 0. The van der Waals surface area contributed by atoms with Crippen molar-refractivity contribution in [2.75, 3.05) is 0 Å². The Hall–Kier alpha value is -1.59. The van der Waals surface area contributed by atoms with Crippen LogP contribution in [0.3, 0.4) is 0 Å². The normalized spacial score (nSPS) is 10.3. The van der Waals surface area contributed by atoms with Crippen LogP contribution < -0.4 is 10.5 Å². The molecule has 19 heavy (non-hydrogen) atoms. The van der Waals surface area contributed by atoms with Gasteiger partial charge in [0.25, 0.3) is 0 Å². The summed E-state index contributed by atoms with van der Waals surface area (Å²) in [4.78, 5) is 0. The topological polar surface area (TPSA) is 59.1 Å². The van der Waals surface area contributed by atoms with Crippen molar-refractivity contribution in [1.29, 1.82) is 5.41 Å². The van der Waals surface area contributed by atoms with E-state index in [0.717, 1.165) is 4.47 Å². The van der Waals surface area contributed by atoms with Gasteiger partial charge in [-0.2, -0.15) is 0 Å². The average molecular weight is 344 g/mol. The number of nitrogens with two attached hydrogens (primary N) is 1. The Kier molecular flexibility index (Phi) is 4.07. The van der Waals surface area contributed by atoms with Gasteiger partial charge in [0.1, 0.15) is 23.2 Å². The van der Waals surface area contributed by atoms with Crippen molar-refractivity contribution in [3.8, 4) is 11.5 Å². The molecule has 0 aromatic heterocycles. The summed E-state index contributed by atoms with van der Waals surface area (Å²) in [6.07, 6.45) is 0. The van der Waals surface area contributed by atoms with Crippen LogP contribution in [0.2, 0.25) is 5.02 Å². The maximum atomic E-state index is 13.6. The Bertz CT molecular complexity index is 649. The smallest absolute Gasteiger partial charge is 0.147 e. The van der Waals surface area contributed by atoms with E-state index in [1.54, 1.807) is 18.2 Å². The molecule has 0 unspecified atom stereocenters. The third-order valence-electron chi connectivity index (χ3n) is 2.36. The fourth-order valence-corrected chi connectivity index (χ4v) is 2.02. The highest BCUT2D eigenvalue weighted by Gasteiger charge is 2.14. The van der Waals surface area contributed by atoms with Gasteiger partial charge in [-0.25, -0.2) is 4.39 Å². The summed E-state index contributed by atoms with van der Waals surface area (Å²) >= 11 is 9.29. The molecule has 0 saturated carbocycles. The highest BCUT2D eigenvalue weighted by atomic mass is 79.9. The van der Waals surface area contributed by atoms with E-state index in [4.69, 9.17) is 27.5 Å². The molecule has 6 heteroatoms. The zero-order chi connectivity index (χ0) is 14.0. The van der Waals surface area contributed by atoms with Gasteiger partial charge in [-0.05, 0) is 30.3 Å². The molecule has 0 fully saturated rings. The number of nitrogens with one attached hydrogen (secondary N) is 1. The summed E-state index contributed by atoms with van der Waals surface area (Å²) in [5, 5.41) is 7.77. The van der Waals surface area contributed by atoms with Crippen molar-refractivity contribution in [3.63, 3.8) is 0 Å². The van der Waals surface area contributed by atoms with E-state index in [1.807, 2.05) is 0 Å². The first-order valence-electron chi connectivity index (χ1n) is 5.25. The lowest BCUT2D eigenvalue weighted by Crippen LogP contribution is -2.14. The van der Waals surface area contributed by atoms with Crippen LogP contribution in [0.1, 0.15) is 5.56 Å². The number of benzene rings is 2. The lowest BCUT2D eigenvalue weighted by Gasteiger charge is -2.12. The molecule has 0 radical (unpaired) electrons. The summed E-state index contributed by atoms with van der Waals surface area (Å²) in [5.41, 5.74) is 5.27. The summed E-state index contributed by atoms with van der Waals surface area (Å²) < 4.78 is 20.0. The van der Waals surface area contributed by atoms with Gasteiger partial charge in [0.2, 0.25) is 0 Å². The SMILES string of the molecule is N=C(N)c1c(F)cccc1Oc1cc(Br)ccc1Cl. The van der Waals surface area contributed by atoms with Gasteiger partial charge < -0.3 is 10.5 Å². The largest absolute Gasteiger partial charge is 0.455 e. The molecular weight excluding hydrogens is 335 g/mol. The fourth-order valence-electron chi connectivity index (χ4n) is 1.52. The molecule has 0 aliphatic rings. The van der Waals surface area contributed by atoms with Gasteiger partial charge in [-0.1, -0.05) is 33.6 Å². The van der Waals surface area contributed by atoms with Gasteiger partial charge >= 0.3 is 0 Å². The number of nitrogen functional groups attached to an aromatic ring is 1. The maximum Gasteiger partial charge on any atom is 0.147 e. The lowest BCUT2D eigenvalue weighted by atomic mass is 10.1. The number of hydrogen-bond acceptors (Lipinski definition) is 2. The zero-order valence-electron chi connectivity index (χ0n) is 9.58. The Morgan fingerprint density at radius 1 is 1.26 bits per heavy atom. The van der Waals surface area contributed by atoms with Crippen LogP contribution in [-0.2, 0) is 0 Å². The van der Waals surface area contributed by atoms with Crippen LogP contribution in [0.15, 0.2) is 40.9 Å². The Balaban J connectivity index is 2.46. The second-order valence-electron chi connectivity index (χ2n) is 3.70. The van der Waals surface area contributed by atoms with Gasteiger partial charge in [0.15, 0.2) is 0 Å². The number of hydrogen-bond donors (Lipinski definition) is 2. The zero-order valence-corrected chi connectivity index (χ0v) is 11.9. The molecule has 0 spiro atoms. The predicted octanol–water partition coefficient (Wildman–Crippen LogP) is 4.32. The molecule has 0 saturated heterocycles. The number of halogens is 3. The molecule has 2 rings (SSSR count). The van der Waals surface area contributed by atoms with Gasteiger partial charge in [0, 0.05) is 4.47 Å². The minimum absolute atomic E-state index is 0.0847. The van der Waals surface area contributed by atoms with E-state index >= 15 is 0 Å². The first-order valence-corrected chi connectivity index (χ1v) is 6.42. The van der Waals surface area contributed by atoms with Crippen molar-refractivity contribution < 1.29 is 9.13 Å². The molecule has 0 aliphatic heterocycles. The number of ether oxygens (including phenoxy) is 1.